The minimum atomic E-state index is -4.57. The molecule has 2 fully saturated rings. The number of aromatic nitrogens is 1. The largest absolute Gasteiger partial charge is 0.494 e. The molecule has 13 heteroatoms. The zero-order chi connectivity index (χ0) is 31.4. The summed E-state index contributed by atoms with van der Waals surface area (Å²) in [6, 6.07) is 5.63. The molecule has 1 atom stereocenters. The van der Waals surface area contributed by atoms with E-state index >= 15 is 0 Å². The van der Waals surface area contributed by atoms with Gasteiger partial charge >= 0.3 is 12.1 Å². The molecular formula is C31H35F3N5O4S+. The van der Waals surface area contributed by atoms with E-state index in [0.717, 1.165) is 11.8 Å². The van der Waals surface area contributed by atoms with Crippen molar-refractivity contribution in [2.75, 3.05) is 62.9 Å². The van der Waals surface area contributed by atoms with Crippen molar-refractivity contribution in [3.63, 3.8) is 0 Å². The number of pyridine rings is 1. The third-order valence-corrected chi connectivity index (χ3v) is 9.23. The number of thioether (sulfide) groups is 1. The van der Waals surface area contributed by atoms with E-state index < -0.39 is 23.3 Å². The summed E-state index contributed by atoms with van der Waals surface area (Å²) >= 11 is 1.67. The smallest absolute Gasteiger partial charge is 0.417 e. The fourth-order valence-corrected chi connectivity index (χ4v) is 7.22. The lowest BCUT2D eigenvalue weighted by molar-refractivity contribution is -0.948. The maximum atomic E-state index is 14.1. The number of allylic oxidation sites excluding steroid dienone is 2. The van der Waals surface area contributed by atoms with Gasteiger partial charge in [0.15, 0.2) is 5.70 Å². The van der Waals surface area contributed by atoms with Crippen molar-refractivity contribution in [2.45, 2.75) is 32.5 Å². The SMILES string of the molecule is COc1cccc2c(C(F)(F)F)cc(N3CCN([N@@+]45C=CC=C4C(C(=O)OC(C)(C)C)=C(C(=O)N4CCSC4)C5)CC3)nc12. The molecule has 0 saturated carbocycles. The molecule has 44 heavy (non-hydrogen) atoms. The molecule has 9 nitrogen and oxygen atoms in total. The Morgan fingerprint density at radius 1 is 1.07 bits per heavy atom. The number of halogens is 3. The zero-order valence-electron chi connectivity index (χ0n) is 25.1. The van der Waals surface area contributed by atoms with Crippen LogP contribution in [0.3, 0.4) is 0 Å². The van der Waals surface area contributed by atoms with Crippen molar-refractivity contribution in [1.82, 2.24) is 14.9 Å². The van der Waals surface area contributed by atoms with Crippen LogP contribution < -0.4 is 9.64 Å². The number of carbonyl (C=O) groups excluding carboxylic acids is 2. The molecule has 0 N–H and O–H groups in total. The lowest BCUT2D eigenvalue weighted by Gasteiger charge is -2.44. The number of ether oxygens (including phenoxy) is 2. The van der Waals surface area contributed by atoms with Crippen molar-refractivity contribution >= 4 is 40.4 Å². The molecule has 0 unspecified atom stereocenters. The molecule has 5 heterocycles. The quantitative estimate of drug-likeness (QED) is 0.348. The van der Waals surface area contributed by atoms with Gasteiger partial charge in [-0.1, -0.05) is 12.1 Å². The third-order valence-electron chi connectivity index (χ3n) is 8.26. The minimum Gasteiger partial charge on any atom is -0.494 e. The second kappa shape index (κ2) is 11.1. The van der Waals surface area contributed by atoms with Crippen molar-refractivity contribution in [3.05, 3.63) is 65.0 Å². The Morgan fingerprint density at radius 2 is 1.82 bits per heavy atom. The summed E-state index contributed by atoms with van der Waals surface area (Å²) in [5.74, 6) is 1.21. The van der Waals surface area contributed by atoms with Crippen LogP contribution in [0.15, 0.2) is 59.5 Å². The van der Waals surface area contributed by atoms with Gasteiger partial charge in [-0.15, -0.1) is 16.8 Å². The average Bonchev–Trinajstić information content (AvgIpc) is 3.71. The standard InChI is InChI=1S/C31H35F3N5O4S/c1-30(2,3)43-29(41)26-21(28(40)37-14-16-44-19-37)18-39(15-6-8-23(26)39)38-12-10-36(11-13-38)25-17-22(31(32,33)34)20-7-5-9-24(42-4)27(20)35-25/h5-9,15,17H,10-14,16,18-19H2,1-4H3/q+1/t39-/m1/s1. The number of hydrogen-bond acceptors (Lipinski definition) is 8. The number of para-hydroxylation sites is 1. The third kappa shape index (κ3) is 5.34. The Labute approximate surface area is 258 Å². The van der Waals surface area contributed by atoms with E-state index in [1.165, 1.54) is 19.2 Å². The highest BCUT2D eigenvalue weighted by Gasteiger charge is 2.55. The van der Waals surface area contributed by atoms with Crippen LogP contribution in [-0.4, -0.2) is 95.0 Å². The maximum absolute atomic E-state index is 14.1. The van der Waals surface area contributed by atoms with Crippen LogP contribution in [0.5, 0.6) is 5.75 Å². The monoisotopic (exact) mass is 630 g/mol. The molecule has 0 spiro atoms. The number of carbonyl (C=O) groups is 2. The minimum absolute atomic E-state index is 0.0130. The van der Waals surface area contributed by atoms with E-state index in [0.29, 0.717) is 55.4 Å². The van der Waals surface area contributed by atoms with Gasteiger partial charge in [0, 0.05) is 36.8 Å². The Balaban J connectivity index is 1.29. The summed E-state index contributed by atoms with van der Waals surface area (Å²) in [4.78, 5) is 35.6. The molecule has 1 aromatic heterocycles. The number of nitrogens with zero attached hydrogens (tertiary/aromatic N) is 5. The first kappa shape index (κ1) is 30.5. The van der Waals surface area contributed by atoms with Gasteiger partial charge in [-0.05, 0) is 39.0 Å². The molecule has 4 aliphatic heterocycles. The Hall–Kier alpha value is -3.55. The topological polar surface area (TPSA) is 75.2 Å². The Kier molecular flexibility index (Phi) is 7.70. The summed E-state index contributed by atoms with van der Waals surface area (Å²) in [6.45, 7) is 7.95. The van der Waals surface area contributed by atoms with Gasteiger partial charge in [0.2, 0.25) is 0 Å². The van der Waals surface area contributed by atoms with Crippen LogP contribution in [0.4, 0.5) is 19.0 Å². The number of amides is 1. The number of benzene rings is 1. The van der Waals surface area contributed by atoms with Gasteiger partial charge in [0.1, 0.15) is 41.0 Å². The van der Waals surface area contributed by atoms with E-state index in [1.54, 1.807) is 43.5 Å². The Bertz CT molecular complexity index is 1600. The summed E-state index contributed by atoms with van der Waals surface area (Å²) in [5, 5.41) is 2.14. The van der Waals surface area contributed by atoms with Gasteiger partial charge in [0.05, 0.1) is 37.2 Å². The van der Waals surface area contributed by atoms with Crippen LogP contribution in [0, 0.1) is 0 Å². The van der Waals surface area contributed by atoms with Crippen molar-refractivity contribution in [3.8, 4) is 5.75 Å². The van der Waals surface area contributed by atoms with Gasteiger partial charge in [0.25, 0.3) is 5.91 Å². The van der Waals surface area contributed by atoms with Crippen LogP contribution in [-0.2, 0) is 20.5 Å². The highest BCUT2D eigenvalue weighted by Crippen LogP contribution is 2.44. The zero-order valence-corrected chi connectivity index (χ0v) is 25.9. The predicted octanol–water partition coefficient (Wildman–Crippen LogP) is 4.71. The molecule has 1 aromatic carbocycles. The number of fused-ring (bicyclic) bond motifs is 2. The molecule has 0 aliphatic carbocycles. The first-order valence-corrected chi connectivity index (χ1v) is 15.6. The normalized spacial score (nSPS) is 22.6. The molecule has 2 saturated heterocycles. The lowest BCUT2D eigenvalue weighted by Crippen LogP contribution is -2.61. The van der Waals surface area contributed by atoms with Gasteiger partial charge in [-0.2, -0.15) is 17.8 Å². The van der Waals surface area contributed by atoms with E-state index in [1.807, 2.05) is 23.3 Å². The van der Waals surface area contributed by atoms with Crippen LogP contribution in [0.25, 0.3) is 10.9 Å². The van der Waals surface area contributed by atoms with Crippen molar-refractivity contribution in [1.29, 1.82) is 0 Å². The van der Waals surface area contributed by atoms with Crippen molar-refractivity contribution in [2.24, 2.45) is 0 Å². The number of hydrogen-bond donors (Lipinski definition) is 0. The van der Waals surface area contributed by atoms with Gasteiger partial charge in [-0.25, -0.2) is 9.78 Å². The second-order valence-corrected chi connectivity index (χ2v) is 13.2. The molecule has 0 bridgehead atoms. The fraction of sp³-hybridized carbons (Fsp3) is 0.452. The molecule has 1 amide bonds. The van der Waals surface area contributed by atoms with Crippen LogP contribution >= 0.6 is 11.8 Å². The number of methoxy groups -OCH3 is 1. The number of esters is 1. The highest BCUT2D eigenvalue weighted by molar-refractivity contribution is 7.99. The van der Waals surface area contributed by atoms with E-state index in [-0.39, 0.29) is 39.5 Å². The van der Waals surface area contributed by atoms with Crippen molar-refractivity contribution < 1.29 is 36.8 Å². The lowest BCUT2D eigenvalue weighted by atomic mass is 10.1. The summed E-state index contributed by atoms with van der Waals surface area (Å²) in [6.07, 6.45) is 1.14. The van der Waals surface area contributed by atoms with Crippen LogP contribution in [0.1, 0.15) is 26.3 Å². The highest BCUT2D eigenvalue weighted by atomic mass is 32.2. The number of anilines is 1. The molecule has 2 aromatic rings. The van der Waals surface area contributed by atoms with Crippen LogP contribution in [0.2, 0.25) is 0 Å². The molecule has 0 radical (unpaired) electrons. The number of quaternary nitrogens is 1. The van der Waals surface area contributed by atoms with E-state index in [4.69, 9.17) is 9.47 Å². The first-order chi connectivity index (χ1) is 20.8. The Morgan fingerprint density at radius 3 is 2.45 bits per heavy atom. The summed E-state index contributed by atoms with van der Waals surface area (Å²) in [7, 11) is 1.41. The molecular weight excluding hydrogens is 595 g/mol. The van der Waals surface area contributed by atoms with Gasteiger partial charge < -0.3 is 19.3 Å². The number of piperazine rings is 1. The second-order valence-electron chi connectivity index (χ2n) is 12.2. The van der Waals surface area contributed by atoms with E-state index in [9.17, 15) is 22.8 Å². The van der Waals surface area contributed by atoms with E-state index in [2.05, 4.69) is 9.99 Å². The first-order valence-electron chi connectivity index (χ1n) is 14.5. The number of alkyl halides is 3. The summed E-state index contributed by atoms with van der Waals surface area (Å²) in [5.41, 5.74) is 0.0532. The maximum Gasteiger partial charge on any atom is 0.417 e. The fourth-order valence-electron chi connectivity index (χ4n) is 6.27. The number of rotatable bonds is 5. The average molecular weight is 631 g/mol. The molecule has 6 rings (SSSR count). The van der Waals surface area contributed by atoms with Gasteiger partial charge in [-0.3, -0.25) is 4.79 Å². The molecule has 234 valence electrons. The predicted molar refractivity (Wildman–Crippen MR) is 161 cm³/mol. The molecule has 4 aliphatic rings. The summed E-state index contributed by atoms with van der Waals surface area (Å²) < 4.78 is 53.7.